The lowest BCUT2D eigenvalue weighted by Gasteiger charge is -2.47. The Hall–Kier alpha value is -1.23. The van der Waals surface area contributed by atoms with Crippen LogP contribution in [0.3, 0.4) is 0 Å². The van der Waals surface area contributed by atoms with Crippen molar-refractivity contribution in [1.29, 1.82) is 0 Å². The van der Waals surface area contributed by atoms with Crippen LogP contribution in [-0.4, -0.2) is 126 Å². The molecule has 6 atom stereocenters. The highest BCUT2D eigenvalue weighted by Gasteiger charge is 2.50. The molecule has 0 radical (unpaired) electrons. The molecule has 0 aromatic heterocycles. The van der Waals surface area contributed by atoms with E-state index in [2.05, 4.69) is 21.2 Å². The predicted molar refractivity (Wildman–Crippen MR) is 146 cm³/mol. The molecular formula is C27H42BrNO11. The van der Waals surface area contributed by atoms with E-state index < -0.39 is 36.9 Å². The topological polar surface area (TPSA) is 132 Å². The summed E-state index contributed by atoms with van der Waals surface area (Å²) in [5, 5.41) is 14.6. The van der Waals surface area contributed by atoms with Crippen LogP contribution in [0.1, 0.15) is 18.8 Å². The molecule has 13 heteroatoms. The first kappa shape index (κ1) is 33.3. The van der Waals surface area contributed by atoms with Gasteiger partial charge in [-0.15, -0.1) is 0 Å². The van der Waals surface area contributed by atoms with Crippen LogP contribution in [0.4, 0.5) is 0 Å². The van der Waals surface area contributed by atoms with Crippen LogP contribution < -0.4 is 5.32 Å². The molecule has 0 aliphatic carbocycles. The monoisotopic (exact) mass is 635 g/mol. The van der Waals surface area contributed by atoms with Gasteiger partial charge in [0.25, 0.3) is 0 Å². The van der Waals surface area contributed by atoms with Gasteiger partial charge in [0, 0.05) is 17.8 Å². The lowest BCUT2D eigenvalue weighted by Crippen LogP contribution is -2.66. The first-order valence-electron chi connectivity index (χ1n) is 13.6. The lowest BCUT2D eigenvalue weighted by atomic mass is 9.95. The number of amides is 1. The van der Waals surface area contributed by atoms with Crippen molar-refractivity contribution in [3.63, 3.8) is 0 Å². The summed E-state index contributed by atoms with van der Waals surface area (Å²) in [6.45, 7) is 6.62. The Morgan fingerprint density at radius 1 is 0.875 bits per heavy atom. The number of halogens is 1. The van der Waals surface area contributed by atoms with E-state index in [1.54, 1.807) is 0 Å². The number of alkyl halides is 1. The standard InChI is InChI=1S/C27H42BrNO11/c1-20(30)29-23-24(31)25-22(19-38-26(40-25)21-5-3-2-4-6-21)39-27(23)37-18-17-36-16-15-35-14-13-34-12-11-33-10-9-32-8-7-28/h2-6,22-27,31H,7-19H2,1H3,(H,29,30)/t22-,23-,24-,25-,26-,27-/m1/s1. The molecule has 1 amide bonds. The molecule has 0 unspecified atom stereocenters. The van der Waals surface area contributed by atoms with E-state index in [0.717, 1.165) is 10.9 Å². The van der Waals surface area contributed by atoms with Crippen molar-refractivity contribution in [1.82, 2.24) is 5.32 Å². The molecule has 0 bridgehead atoms. The first-order valence-corrected chi connectivity index (χ1v) is 14.7. The Morgan fingerprint density at radius 2 is 1.43 bits per heavy atom. The molecule has 1 aromatic rings. The molecule has 228 valence electrons. The van der Waals surface area contributed by atoms with E-state index >= 15 is 0 Å². The Balaban J connectivity index is 1.25. The van der Waals surface area contributed by atoms with Crippen LogP contribution in [0.25, 0.3) is 0 Å². The van der Waals surface area contributed by atoms with Gasteiger partial charge >= 0.3 is 0 Å². The highest BCUT2D eigenvalue weighted by atomic mass is 79.9. The summed E-state index contributed by atoms with van der Waals surface area (Å²) in [7, 11) is 0. The number of benzene rings is 1. The zero-order valence-electron chi connectivity index (χ0n) is 23.0. The van der Waals surface area contributed by atoms with Crippen molar-refractivity contribution in [2.45, 2.75) is 43.9 Å². The Morgan fingerprint density at radius 3 is 1.98 bits per heavy atom. The number of carbonyl (C=O) groups excluding carboxylic acids is 1. The Bertz CT molecular complexity index is 808. The molecule has 2 aliphatic rings. The van der Waals surface area contributed by atoms with Gasteiger partial charge in [-0.25, -0.2) is 0 Å². The molecular weight excluding hydrogens is 594 g/mol. The van der Waals surface area contributed by atoms with Gasteiger partial charge < -0.3 is 53.1 Å². The zero-order chi connectivity index (χ0) is 28.4. The number of carbonyl (C=O) groups is 1. The molecule has 2 fully saturated rings. The fraction of sp³-hybridized carbons (Fsp3) is 0.741. The first-order chi connectivity index (χ1) is 19.6. The number of nitrogens with one attached hydrogen (secondary N) is 1. The number of fused-ring (bicyclic) bond motifs is 1. The van der Waals surface area contributed by atoms with Crippen molar-refractivity contribution in [2.24, 2.45) is 0 Å². The number of rotatable bonds is 20. The van der Waals surface area contributed by atoms with Crippen LogP contribution >= 0.6 is 15.9 Å². The van der Waals surface area contributed by atoms with Crippen molar-refractivity contribution in [3.8, 4) is 0 Å². The van der Waals surface area contributed by atoms with Crippen LogP contribution in [0.5, 0.6) is 0 Å². The molecule has 2 aliphatic heterocycles. The predicted octanol–water partition coefficient (Wildman–Crippen LogP) is 1.19. The molecule has 12 nitrogen and oxygen atoms in total. The molecule has 0 saturated carbocycles. The Kier molecular flexibility index (Phi) is 16.5. The van der Waals surface area contributed by atoms with Gasteiger partial charge in [-0.05, 0) is 0 Å². The third-order valence-corrected chi connectivity index (χ3v) is 6.35. The lowest BCUT2D eigenvalue weighted by molar-refractivity contribution is -0.344. The SMILES string of the molecule is CC(=O)N[C@H]1[C@H](OCCOCCOCCOCCOCCOCCBr)O[C@@H]2CO[C@@H](c3ccccc3)O[C@H]2[C@@H]1O. The van der Waals surface area contributed by atoms with Crippen molar-refractivity contribution >= 4 is 21.8 Å². The second-order valence-electron chi connectivity index (χ2n) is 9.06. The summed E-state index contributed by atoms with van der Waals surface area (Å²) in [6, 6.07) is 8.65. The second kappa shape index (κ2) is 19.8. The van der Waals surface area contributed by atoms with E-state index in [1.165, 1.54) is 6.92 Å². The largest absolute Gasteiger partial charge is 0.388 e. The minimum absolute atomic E-state index is 0.198. The van der Waals surface area contributed by atoms with Gasteiger partial charge in [0.05, 0.1) is 79.3 Å². The number of hydrogen-bond acceptors (Lipinski definition) is 11. The highest BCUT2D eigenvalue weighted by Crippen LogP contribution is 2.34. The number of ether oxygens (including phenoxy) is 9. The summed E-state index contributed by atoms with van der Waals surface area (Å²) in [6.07, 6.45) is -3.81. The van der Waals surface area contributed by atoms with Gasteiger partial charge in [-0.3, -0.25) is 4.79 Å². The van der Waals surface area contributed by atoms with E-state index in [9.17, 15) is 9.90 Å². The van der Waals surface area contributed by atoms with E-state index in [1.807, 2.05) is 30.3 Å². The van der Waals surface area contributed by atoms with Gasteiger partial charge in [0.2, 0.25) is 5.91 Å². The molecule has 40 heavy (non-hydrogen) atoms. The fourth-order valence-corrected chi connectivity index (χ4v) is 4.39. The van der Waals surface area contributed by atoms with Gasteiger partial charge in [0.15, 0.2) is 12.6 Å². The molecule has 3 rings (SSSR count). The molecule has 2 heterocycles. The van der Waals surface area contributed by atoms with Crippen molar-refractivity contribution in [3.05, 3.63) is 35.9 Å². The smallest absolute Gasteiger partial charge is 0.217 e. The quantitative estimate of drug-likeness (QED) is 0.158. The maximum atomic E-state index is 11.8. The molecule has 2 saturated heterocycles. The summed E-state index contributed by atoms with van der Waals surface area (Å²) in [5.41, 5.74) is 0.837. The fourth-order valence-electron chi connectivity index (χ4n) is 4.16. The average Bonchev–Trinajstić information content (AvgIpc) is 2.96. The third-order valence-electron chi connectivity index (χ3n) is 6.03. The van der Waals surface area contributed by atoms with Crippen LogP contribution in [0.2, 0.25) is 0 Å². The van der Waals surface area contributed by atoms with Crippen molar-refractivity contribution < 1.29 is 52.5 Å². The summed E-state index contributed by atoms with van der Waals surface area (Å²) >= 11 is 3.29. The normalized spacial score (nSPS) is 26.4. The molecule has 2 N–H and O–H groups in total. The van der Waals surface area contributed by atoms with E-state index in [4.69, 9.17) is 42.6 Å². The minimum atomic E-state index is -1.05. The number of hydrogen-bond donors (Lipinski definition) is 2. The van der Waals surface area contributed by atoms with Gasteiger partial charge in [0.1, 0.15) is 24.4 Å². The summed E-state index contributed by atoms with van der Waals surface area (Å²) in [4.78, 5) is 11.8. The minimum Gasteiger partial charge on any atom is -0.388 e. The second-order valence-corrected chi connectivity index (χ2v) is 9.85. The maximum absolute atomic E-state index is 11.8. The summed E-state index contributed by atoms with van der Waals surface area (Å²) < 4.78 is 50.9. The van der Waals surface area contributed by atoms with E-state index in [0.29, 0.717) is 59.5 Å². The van der Waals surface area contributed by atoms with Crippen LogP contribution in [0.15, 0.2) is 30.3 Å². The maximum Gasteiger partial charge on any atom is 0.217 e. The highest BCUT2D eigenvalue weighted by molar-refractivity contribution is 9.09. The summed E-state index contributed by atoms with van der Waals surface area (Å²) in [5.74, 6) is -0.313. The van der Waals surface area contributed by atoms with Crippen LogP contribution in [-0.2, 0) is 47.4 Å². The number of aliphatic hydroxyl groups is 1. The molecule has 0 spiro atoms. The van der Waals surface area contributed by atoms with E-state index in [-0.39, 0.29) is 25.7 Å². The zero-order valence-corrected chi connectivity index (χ0v) is 24.5. The van der Waals surface area contributed by atoms with Gasteiger partial charge in [-0.1, -0.05) is 46.3 Å². The Labute approximate surface area is 243 Å². The average molecular weight is 637 g/mol. The van der Waals surface area contributed by atoms with Crippen LogP contribution in [0, 0.1) is 0 Å². The van der Waals surface area contributed by atoms with Gasteiger partial charge in [-0.2, -0.15) is 0 Å². The third kappa shape index (κ3) is 11.9. The molecule has 1 aromatic carbocycles. The van der Waals surface area contributed by atoms with Crippen molar-refractivity contribution in [2.75, 3.05) is 84.6 Å². The number of aliphatic hydroxyl groups excluding tert-OH is 1.